The first-order valence-electron chi connectivity index (χ1n) is 7.00. The summed E-state index contributed by atoms with van der Waals surface area (Å²) in [6.07, 6.45) is 6.70. The maximum Gasteiger partial charge on any atom is 0.152 e. The predicted octanol–water partition coefficient (Wildman–Crippen LogP) is 2.39. The molecule has 2 aliphatic heterocycles. The van der Waals surface area contributed by atoms with E-state index in [4.69, 9.17) is 4.74 Å². The van der Waals surface area contributed by atoms with Crippen LogP contribution in [0.4, 0.5) is 0 Å². The molecule has 2 saturated heterocycles. The molecule has 3 nitrogen and oxygen atoms in total. The molecule has 98 valence electrons. The van der Waals surface area contributed by atoms with E-state index < -0.39 is 0 Å². The Morgan fingerprint density at radius 1 is 1.29 bits per heavy atom. The van der Waals surface area contributed by atoms with Gasteiger partial charge in [0.1, 0.15) is 0 Å². The number of nitrogens with zero attached hydrogens (tertiary/aromatic N) is 1. The van der Waals surface area contributed by atoms with Crippen molar-refractivity contribution in [3.63, 3.8) is 0 Å². The number of ether oxygens (including phenoxy) is 1. The van der Waals surface area contributed by atoms with Gasteiger partial charge < -0.3 is 4.74 Å². The monoisotopic (exact) mass is 239 g/mol. The summed E-state index contributed by atoms with van der Waals surface area (Å²) in [6.45, 7) is 7.21. The van der Waals surface area contributed by atoms with Gasteiger partial charge in [0.2, 0.25) is 0 Å². The highest BCUT2D eigenvalue weighted by molar-refractivity contribution is 5.87. The van der Waals surface area contributed by atoms with Gasteiger partial charge in [0.05, 0.1) is 11.6 Å². The Kier molecular flexibility index (Phi) is 4.21. The van der Waals surface area contributed by atoms with Crippen LogP contribution < -0.4 is 0 Å². The third-order valence-corrected chi connectivity index (χ3v) is 4.30. The number of hydrogen-bond acceptors (Lipinski definition) is 3. The number of Topliss-reactive ketones (excluding diaryl/α,β-unsaturated/α-hetero) is 1. The Labute approximate surface area is 105 Å². The molecule has 0 saturated carbocycles. The van der Waals surface area contributed by atoms with Gasteiger partial charge in [-0.2, -0.15) is 0 Å². The van der Waals surface area contributed by atoms with Crippen LogP contribution in [0.1, 0.15) is 52.4 Å². The van der Waals surface area contributed by atoms with Crippen LogP contribution in [-0.4, -0.2) is 42.0 Å². The van der Waals surface area contributed by atoms with Gasteiger partial charge in [-0.3, -0.25) is 9.69 Å². The number of rotatable bonds is 5. The molecule has 0 spiro atoms. The van der Waals surface area contributed by atoms with Crippen LogP contribution in [0.25, 0.3) is 0 Å². The zero-order valence-corrected chi connectivity index (χ0v) is 11.2. The minimum atomic E-state index is -0.269. The molecule has 0 N–H and O–H groups in total. The summed E-state index contributed by atoms with van der Waals surface area (Å²) in [7, 11) is 0. The second-order valence-electron chi connectivity index (χ2n) is 5.85. The summed E-state index contributed by atoms with van der Waals surface area (Å²) in [4.78, 5) is 14.6. The van der Waals surface area contributed by atoms with Crippen molar-refractivity contribution in [3.05, 3.63) is 0 Å². The van der Waals surface area contributed by atoms with Gasteiger partial charge in [-0.05, 0) is 59.0 Å². The molecule has 0 amide bonds. The van der Waals surface area contributed by atoms with Crippen molar-refractivity contribution < 1.29 is 9.53 Å². The van der Waals surface area contributed by atoms with Gasteiger partial charge in [-0.15, -0.1) is 0 Å². The van der Waals surface area contributed by atoms with Crippen LogP contribution in [0.2, 0.25) is 0 Å². The highest BCUT2D eigenvalue weighted by Crippen LogP contribution is 2.25. The maximum absolute atomic E-state index is 12.3. The fourth-order valence-corrected chi connectivity index (χ4v) is 2.92. The van der Waals surface area contributed by atoms with Crippen molar-refractivity contribution in [1.29, 1.82) is 0 Å². The fourth-order valence-electron chi connectivity index (χ4n) is 2.92. The van der Waals surface area contributed by atoms with E-state index in [0.29, 0.717) is 18.3 Å². The Morgan fingerprint density at radius 2 is 2.00 bits per heavy atom. The Morgan fingerprint density at radius 3 is 2.59 bits per heavy atom. The van der Waals surface area contributed by atoms with E-state index >= 15 is 0 Å². The lowest BCUT2D eigenvalue weighted by Crippen LogP contribution is -2.48. The summed E-state index contributed by atoms with van der Waals surface area (Å²) in [5.41, 5.74) is -0.269. The summed E-state index contributed by atoms with van der Waals surface area (Å²) < 4.78 is 5.58. The van der Waals surface area contributed by atoms with Crippen molar-refractivity contribution in [1.82, 2.24) is 4.90 Å². The first-order chi connectivity index (χ1) is 8.10. The Bertz CT molecular complexity index is 263. The SMILES string of the molecule is CC(C)(C(=O)CCC1CCCO1)N1CCCC1. The number of likely N-dealkylation sites (tertiary alicyclic amines) is 1. The van der Waals surface area contributed by atoms with Gasteiger partial charge >= 0.3 is 0 Å². The molecule has 0 bridgehead atoms. The lowest BCUT2D eigenvalue weighted by molar-refractivity contribution is -0.129. The number of hydrogen-bond donors (Lipinski definition) is 0. The van der Waals surface area contributed by atoms with Crippen LogP contribution in [0, 0.1) is 0 Å². The number of carbonyl (C=O) groups excluding carboxylic acids is 1. The molecule has 2 rings (SSSR count). The number of carbonyl (C=O) groups is 1. The van der Waals surface area contributed by atoms with Crippen LogP contribution in [0.15, 0.2) is 0 Å². The van der Waals surface area contributed by atoms with Gasteiger partial charge in [-0.25, -0.2) is 0 Å². The molecular formula is C14H25NO2. The van der Waals surface area contributed by atoms with Crippen LogP contribution in [0.3, 0.4) is 0 Å². The smallest absolute Gasteiger partial charge is 0.152 e. The third-order valence-electron chi connectivity index (χ3n) is 4.30. The van der Waals surface area contributed by atoms with Crippen LogP contribution in [-0.2, 0) is 9.53 Å². The summed E-state index contributed by atoms with van der Waals surface area (Å²) in [5, 5.41) is 0. The highest BCUT2D eigenvalue weighted by Gasteiger charge is 2.35. The molecule has 0 aromatic rings. The third kappa shape index (κ3) is 3.08. The molecule has 2 heterocycles. The zero-order chi connectivity index (χ0) is 12.3. The molecule has 1 unspecified atom stereocenters. The number of ketones is 1. The van der Waals surface area contributed by atoms with E-state index in [2.05, 4.69) is 18.7 Å². The lowest BCUT2D eigenvalue weighted by atomic mass is 9.92. The molecule has 3 heteroatoms. The van der Waals surface area contributed by atoms with Crippen molar-refractivity contribution in [3.8, 4) is 0 Å². The summed E-state index contributed by atoms with van der Waals surface area (Å²) in [5.74, 6) is 0.384. The van der Waals surface area contributed by atoms with Crippen molar-refractivity contribution >= 4 is 5.78 Å². The fraction of sp³-hybridized carbons (Fsp3) is 0.929. The molecule has 0 radical (unpaired) electrons. The van der Waals surface area contributed by atoms with E-state index in [9.17, 15) is 4.79 Å². The van der Waals surface area contributed by atoms with E-state index in [-0.39, 0.29) is 5.54 Å². The van der Waals surface area contributed by atoms with Crippen LogP contribution in [0.5, 0.6) is 0 Å². The summed E-state index contributed by atoms with van der Waals surface area (Å²) in [6, 6.07) is 0. The molecule has 2 aliphatic rings. The van der Waals surface area contributed by atoms with E-state index in [1.807, 2.05) is 0 Å². The minimum Gasteiger partial charge on any atom is -0.378 e. The second-order valence-corrected chi connectivity index (χ2v) is 5.85. The van der Waals surface area contributed by atoms with E-state index in [1.54, 1.807) is 0 Å². The normalized spacial score (nSPS) is 26.6. The first-order valence-corrected chi connectivity index (χ1v) is 7.00. The van der Waals surface area contributed by atoms with Gasteiger partial charge in [0.15, 0.2) is 5.78 Å². The van der Waals surface area contributed by atoms with Gasteiger partial charge in [-0.1, -0.05) is 0 Å². The molecule has 0 aromatic carbocycles. The average Bonchev–Trinajstić information content (AvgIpc) is 2.98. The van der Waals surface area contributed by atoms with Gasteiger partial charge in [0, 0.05) is 13.0 Å². The first kappa shape index (κ1) is 13.0. The van der Waals surface area contributed by atoms with Crippen molar-refractivity contribution in [2.75, 3.05) is 19.7 Å². The predicted molar refractivity (Wildman–Crippen MR) is 68.1 cm³/mol. The molecule has 0 aliphatic carbocycles. The standard InChI is InChI=1S/C14H25NO2/c1-14(2,15-9-3-4-10-15)13(16)8-7-12-6-5-11-17-12/h12H,3-11H2,1-2H3. The second kappa shape index (κ2) is 5.49. The average molecular weight is 239 g/mol. The Balaban J connectivity index is 1.80. The lowest BCUT2D eigenvalue weighted by Gasteiger charge is -2.34. The molecule has 17 heavy (non-hydrogen) atoms. The maximum atomic E-state index is 12.3. The quantitative estimate of drug-likeness (QED) is 0.738. The molecular weight excluding hydrogens is 214 g/mol. The van der Waals surface area contributed by atoms with Gasteiger partial charge in [0.25, 0.3) is 0 Å². The zero-order valence-electron chi connectivity index (χ0n) is 11.2. The summed E-state index contributed by atoms with van der Waals surface area (Å²) >= 11 is 0. The minimum absolute atomic E-state index is 0.269. The molecule has 2 fully saturated rings. The largest absolute Gasteiger partial charge is 0.378 e. The van der Waals surface area contributed by atoms with Crippen molar-refractivity contribution in [2.24, 2.45) is 0 Å². The van der Waals surface area contributed by atoms with E-state index in [1.165, 1.54) is 12.8 Å². The molecule has 1 atom stereocenters. The van der Waals surface area contributed by atoms with Crippen molar-refractivity contribution in [2.45, 2.75) is 64.0 Å². The highest BCUT2D eigenvalue weighted by atomic mass is 16.5. The van der Waals surface area contributed by atoms with E-state index in [0.717, 1.165) is 39.0 Å². The van der Waals surface area contributed by atoms with Crippen LogP contribution >= 0.6 is 0 Å². The molecule has 0 aromatic heterocycles. The Hall–Kier alpha value is -0.410. The topological polar surface area (TPSA) is 29.5 Å².